The lowest BCUT2D eigenvalue weighted by Crippen LogP contribution is -2.40. The molecule has 1 fully saturated rings. The standard InChI is InChI=1S/C20H20N2O5/c21-18(23)15-7-1-2-9-17(15)27-12-13-5-3-6-14(11-13)19(24)22-10-4-8-16(22)20(25)26/h1-3,5-7,9,11,16H,4,8,10,12H2,(H2,21,23)(H,25,26). The summed E-state index contributed by atoms with van der Waals surface area (Å²) in [4.78, 5) is 36.8. The third-order valence-electron chi connectivity index (χ3n) is 4.52. The molecule has 27 heavy (non-hydrogen) atoms. The van der Waals surface area contributed by atoms with Gasteiger partial charge in [-0.05, 0) is 42.7 Å². The molecule has 7 nitrogen and oxygen atoms in total. The van der Waals surface area contributed by atoms with Gasteiger partial charge in [-0.2, -0.15) is 0 Å². The topological polar surface area (TPSA) is 110 Å². The average Bonchev–Trinajstić information content (AvgIpc) is 3.16. The van der Waals surface area contributed by atoms with Gasteiger partial charge in [-0.3, -0.25) is 9.59 Å². The van der Waals surface area contributed by atoms with Crippen molar-refractivity contribution in [1.29, 1.82) is 0 Å². The van der Waals surface area contributed by atoms with Crippen LogP contribution in [0.2, 0.25) is 0 Å². The number of para-hydroxylation sites is 1. The Morgan fingerprint density at radius 1 is 1.15 bits per heavy atom. The minimum Gasteiger partial charge on any atom is -0.488 e. The molecule has 0 saturated carbocycles. The number of carboxylic acid groups (broad SMARTS) is 1. The van der Waals surface area contributed by atoms with E-state index in [1.54, 1.807) is 48.5 Å². The highest BCUT2D eigenvalue weighted by molar-refractivity contribution is 5.97. The number of amides is 2. The second-order valence-corrected chi connectivity index (χ2v) is 6.34. The minimum atomic E-state index is -0.983. The van der Waals surface area contributed by atoms with Crippen molar-refractivity contribution >= 4 is 17.8 Å². The first-order valence-electron chi connectivity index (χ1n) is 8.61. The predicted octanol–water partition coefficient (Wildman–Crippen LogP) is 2.05. The summed E-state index contributed by atoms with van der Waals surface area (Å²) in [5, 5.41) is 9.26. The molecule has 0 aliphatic carbocycles. The van der Waals surface area contributed by atoms with Crippen molar-refractivity contribution in [2.24, 2.45) is 5.73 Å². The fourth-order valence-corrected chi connectivity index (χ4v) is 3.18. The molecule has 7 heteroatoms. The monoisotopic (exact) mass is 368 g/mol. The molecule has 140 valence electrons. The normalized spacial score (nSPS) is 16.1. The quantitative estimate of drug-likeness (QED) is 0.811. The molecular formula is C20H20N2O5. The molecule has 0 aromatic heterocycles. The van der Waals surface area contributed by atoms with Crippen molar-refractivity contribution < 1.29 is 24.2 Å². The summed E-state index contributed by atoms with van der Waals surface area (Å²) in [5.41, 5.74) is 6.76. The van der Waals surface area contributed by atoms with Gasteiger partial charge in [0, 0.05) is 12.1 Å². The molecule has 2 aromatic carbocycles. The van der Waals surface area contributed by atoms with Gasteiger partial charge in [-0.1, -0.05) is 24.3 Å². The number of rotatable bonds is 6. The van der Waals surface area contributed by atoms with Crippen molar-refractivity contribution in [3.63, 3.8) is 0 Å². The SMILES string of the molecule is NC(=O)c1ccccc1OCc1cccc(C(=O)N2CCCC2C(=O)O)c1. The molecule has 3 rings (SSSR count). The Bertz CT molecular complexity index is 880. The van der Waals surface area contributed by atoms with Crippen LogP contribution in [0.3, 0.4) is 0 Å². The molecule has 0 radical (unpaired) electrons. The highest BCUT2D eigenvalue weighted by Gasteiger charge is 2.34. The number of carboxylic acids is 1. The van der Waals surface area contributed by atoms with Crippen LogP contribution in [0.5, 0.6) is 5.75 Å². The fourth-order valence-electron chi connectivity index (χ4n) is 3.18. The van der Waals surface area contributed by atoms with Gasteiger partial charge in [0.25, 0.3) is 11.8 Å². The largest absolute Gasteiger partial charge is 0.488 e. The van der Waals surface area contributed by atoms with Gasteiger partial charge >= 0.3 is 5.97 Å². The van der Waals surface area contributed by atoms with E-state index in [4.69, 9.17) is 10.5 Å². The molecular weight excluding hydrogens is 348 g/mol. The number of carbonyl (C=O) groups is 3. The maximum atomic E-state index is 12.7. The van der Waals surface area contributed by atoms with E-state index in [1.165, 1.54) is 4.90 Å². The van der Waals surface area contributed by atoms with E-state index in [9.17, 15) is 19.5 Å². The van der Waals surface area contributed by atoms with Crippen LogP contribution >= 0.6 is 0 Å². The van der Waals surface area contributed by atoms with Crippen LogP contribution in [0, 0.1) is 0 Å². The summed E-state index contributed by atoms with van der Waals surface area (Å²) >= 11 is 0. The first-order chi connectivity index (χ1) is 13.0. The zero-order chi connectivity index (χ0) is 19.4. The van der Waals surface area contributed by atoms with E-state index >= 15 is 0 Å². The summed E-state index contributed by atoms with van der Waals surface area (Å²) in [5.74, 6) is -1.50. The van der Waals surface area contributed by atoms with Crippen molar-refractivity contribution in [3.05, 3.63) is 65.2 Å². The van der Waals surface area contributed by atoms with Crippen LogP contribution in [0.4, 0.5) is 0 Å². The molecule has 3 N–H and O–H groups in total. The van der Waals surface area contributed by atoms with Gasteiger partial charge in [-0.25, -0.2) is 4.79 Å². The molecule has 1 saturated heterocycles. The number of primary amides is 1. The smallest absolute Gasteiger partial charge is 0.326 e. The van der Waals surface area contributed by atoms with Crippen LogP contribution in [-0.4, -0.2) is 40.4 Å². The summed E-state index contributed by atoms with van der Waals surface area (Å²) in [7, 11) is 0. The number of carbonyl (C=O) groups excluding carboxylic acids is 2. The first kappa shape index (κ1) is 18.4. The van der Waals surface area contributed by atoms with E-state index in [0.717, 1.165) is 5.56 Å². The van der Waals surface area contributed by atoms with Crippen LogP contribution < -0.4 is 10.5 Å². The highest BCUT2D eigenvalue weighted by Crippen LogP contribution is 2.22. The van der Waals surface area contributed by atoms with E-state index in [0.29, 0.717) is 30.7 Å². The van der Waals surface area contributed by atoms with Crippen LogP contribution in [0.25, 0.3) is 0 Å². The van der Waals surface area contributed by atoms with Crippen molar-refractivity contribution in [3.8, 4) is 5.75 Å². The van der Waals surface area contributed by atoms with Crippen molar-refractivity contribution in [1.82, 2.24) is 4.90 Å². The van der Waals surface area contributed by atoms with Gasteiger partial charge in [0.05, 0.1) is 5.56 Å². The number of nitrogens with zero attached hydrogens (tertiary/aromatic N) is 1. The Balaban J connectivity index is 1.74. The zero-order valence-electron chi connectivity index (χ0n) is 14.6. The van der Waals surface area contributed by atoms with Crippen molar-refractivity contribution in [2.45, 2.75) is 25.5 Å². The fraction of sp³-hybridized carbons (Fsp3) is 0.250. The Hall–Kier alpha value is -3.35. The number of aliphatic carboxylic acids is 1. The van der Waals surface area contributed by atoms with Gasteiger partial charge < -0.3 is 20.5 Å². The van der Waals surface area contributed by atoms with E-state index in [-0.39, 0.29) is 18.1 Å². The minimum absolute atomic E-state index is 0.147. The molecule has 1 heterocycles. The lowest BCUT2D eigenvalue weighted by molar-refractivity contribution is -0.141. The third-order valence-corrected chi connectivity index (χ3v) is 4.52. The summed E-state index contributed by atoms with van der Waals surface area (Å²) in [6, 6.07) is 12.7. The maximum Gasteiger partial charge on any atom is 0.326 e. The Kier molecular flexibility index (Phi) is 5.40. The first-order valence-corrected chi connectivity index (χ1v) is 8.61. The van der Waals surface area contributed by atoms with E-state index in [2.05, 4.69) is 0 Å². The Morgan fingerprint density at radius 2 is 1.93 bits per heavy atom. The molecule has 0 bridgehead atoms. The second kappa shape index (κ2) is 7.90. The molecule has 1 unspecified atom stereocenters. The highest BCUT2D eigenvalue weighted by atomic mass is 16.5. The zero-order valence-corrected chi connectivity index (χ0v) is 14.6. The third kappa shape index (κ3) is 4.08. The van der Waals surface area contributed by atoms with E-state index < -0.39 is 17.9 Å². The molecule has 2 aromatic rings. The number of nitrogens with two attached hydrogens (primary N) is 1. The van der Waals surface area contributed by atoms with Crippen LogP contribution in [0.15, 0.2) is 48.5 Å². The molecule has 1 aliphatic heterocycles. The van der Waals surface area contributed by atoms with Gasteiger partial charge in [0.15, 0.2) is 0 Å². The number of benzene rings is 2. The molecule has 1 atom stereocenters. The maximum absolute atomic E-state index is 12.7. The molecule has 2 amide bonds. The van der Waals surface area contributed by atoms with Gasteiger partial charge in [0.1, 0.15) is 18.4 Å². The number of likely N-dealkylation sites (tertiary alicyclic amines) is 1. The van der Waals surface area contributed by atoms with Crippen LogP contribution in [-0.2, 0) is 11.4 Å². The lowest BCUT2D eigenvalue weighted by atomic mass is 10.1. The summed E-state index contributed by atoms with van der Waals surface area (Å²) in [6.45, 7) is 0.580. The Labute approximate surface area is 156 Å². The lowest BCUT2D eigenvalue weighted by Gasteiger charge is -2.21. The number of hydrogen-bond donors (Lipinski definition) is 2. The van der Waals surface area contributed by atoms with Gasteiger partial charge in [0.2, 0.25) is 0 Å². The molecule has 0 spiro atoms. The second-order valence-electron chi connectivity index (χ2n) is 6.34. The number of ether oxygens (including phenoxy) is 1. The van der Waals surface area contributed by atoms with Gasteiger partial charge in [-0.15, -0.1) is 0 Å². The van der Waals surface area contributed by atoms with E-state index in [1.807, 2.05) is 0 Å². The summed E-state index contributed by atoms with van der Waals surface area (Å²) in [6.07, 6.45) is 1.14. The predicted molar refractivity (Wildman–Crippen MR) is 97.4 cm³/mol. The average molecular weight is 368 g/mol. The summed E-state index contributed by atoms with van der Waals surface area (Å²) < 4.78 is 5.68. The van der Waals surface area contributed by atoms with Crippen LogP contribution in [0.1, 0.15) is 39.1 Å². The number of hydrogen-bond acceptors (Lipinski definition) is 4. The van der Waals surface area contributed by atoms with Crippen molar-refractivity contribution in [2.75, 3.05) is 6.54 Å². The Morgan fingerprint density at radius 3 is 2.67 bits per heavy atom. The molecule has 1 aliphatic rings.